The molecular formula is C26H26N4O3S. The molecule has 0 bridgehead atoms. The minimum atomic E-state index is -3.82. The molecule has 0 radical (unpaired) electrons. The molecule has 3 aromatic carbocycles. The molecule has 1 aromatic heterocycles. The Kier molecular flexibility index (Phi) is 6.79. The van der Waals surface area contributed by atoms with Crippen LogP contribution in [0.2, 0.25) is 0 Å². The maximum Gasteiger partial charge on any atom is 0.261 e. The van der Waals surface area contributed by atoms with Crippen molar-refractivity contribution in [1.29, 1.82) is 0 Å². The highest BCUT2D eigenvalue weighted by Crippen LogP contribution is 2.20. The molecule has 0 aliphatic heterocycles. The number of hydrogen-bond donors (Lipinski definition) is 2. The van der Waals surface area contributed by atoms with E-state index in [1.807, 2.05) is 55.6 Å². The molecule has 1 amide bonds. The van der Waals surface area contributed by atoms with Gasteiger partial charge in [0, 0.05) is 30.2 Å². The average molecular weight is 475 g/mol. The zero-order chi connectivity index (χ0) is 24.1. The van der Waals surface area contributed by atoms with Gasteiger partial charge in [-0.05, 0) is 73.9 Å². The Balaban J connectivity index is 1.40. The Labute approximate surface area is 199 Å². The number of anilines is 1. The van der Waals surface area contributed by atoms with Crippen LogP contribution in [0.4, 0.5) is 5.69 Å². The SMILES string of the molecule is Cc1ccc(NS(=O)(=O)c2ccc(C)c(C(=O)NCCc3ccc(-n4cccn4)cc3)c2)cc1. The summed E-state index contributed by atoms with van der Waals surface area (Å²) >= 11 is 0. The van der Waals surface area contributed by atoms with Gasteiger partial charge in [-0.3, -0.25) is 9.52 Å². The second-order valence-electron chi connectivity index (χ2n) is 8.07. The number of nitrogens with zero attached hydrogens (tertiary/aromatic N) is 2. The molecule has 174 valence electrons. The predicted molar refractivity (Wildman–Crippen MR) is 133 cm³/mol. The highest BCUT2D eigenvalue weighted by molar-refractivity contribution is 7.92. The Bertz CT molecular complexity index is 1380. The number of carbonyl (C=O) groups is 1. The Morgan fingerprint density at radius 3 is 2.38 bits per heavy atom. The highest BCUT2D eigenvalue weighted by Gasteiger charge is 2.18. The van der Waals surface area contributed by atoms with E-state index in [9.17, 15) is 13.2 Å². The summed E-state index contributed by atoms with van der Waals surface area (Å²) in [7, 11) is -3.82. The van der Waals surface area contributed by atoms with E-state index in [2.05, 4.69) is 15.1 Å². The van der Waals surface area contributed by atoms with Gasteiger partial charge in [-0.25, -0.2) is 13.1 Å². The summed E-state index contributed by atoms with van der Waals surface area (Å²) in [6.07, 6.45) is 4.25. The maximum absolute atomic E-state index is 12.8. The summed E-state index contributed by atoms with van der Waals surface area (Å²) in [5.41, 5.74) is 4.58. The van der Waals surface area contributed by atoms with E-state index >= 15 is 0 Å². The Morgan fingerprint density at radius 2 is 1.71 bits per heavy atom. The third kappa shape index (κ3) is 5.52. The van der Waals surface area contributed by atoms with Gasteiger partial charge < -0.3 is 5.32 Å². The largest absolute Gasteiger partial charge is 0.352 e. The third-order valence-corrected chi connectivity index (χ3v) is 6.85. The van der Waals surface area contributed by atoms with Crippen molar-refractivity contribution >= 4 is 21.6 Å². The number of nitrogens with one attached hydrogen (secondary N) is 2. The molecule has 0 fully saturated rings. The quantitative estimate of drug-likeness (QED) is 0.399. The number of amides is 1. The predicted octanol–water partition coefficient (Wildman–Crippen LogP) is 4.26. The first kappa shape index (κ1) is 23.3. The van der Waals surface area contributed by atoms with Crippen LogP contribution in [0.3, 0.4) is 0 Å². The molecule has 0 aliphatic rings. The van der Waals surface area contributed by atoms with Gasteiger partial charge in [-0.15, -0.1) is 0 Å². The number of rotatable bonds is 8. The van der Waals surface area contributed by atoms with Gasteiger partial charge in [-0.2, -0.15) is 5.10 Å². The number of carbonyl (C=O) groups excluding carboxylic acids is 1. The molecular weight excluding hydrogens is 448 g/mol. The van der Waals surface area contributed by atoms with E-state index in [0.717, 1.165) is 16.8 Å². The van der Waals surface area contributed by atoms with Gasteiger partial charge >= 0.3 is 0 Å². The summed E-state index contributed by atoms with van der Waals surface area (Å²) < 4.78 is 30.0. The van der Waals surface area contributed by atoms with Crippen molar-refractivity contribution in [2.45, 2.75) is 25.2 Å². The fourth-order valence-corrected chi connectivity index (χ4v) is 4.59. The van der Waals surface area contributed by atoms with Gasteiger partial charge in [-0.1, -0.05) is 35.9 Å². The van der Waals surface area contributed by atoms with Crippen molar-refractivity contribution in [3.05, 3.63) is 107 Å². The van der Waals surface area contributed by atoms with Crippen LogP contribution in [0.25, 0.3) is 5.69 Å². The Morgan fingerprint density at radius 1 is 0.971 bits per heavy atom. The minimum Gasteiger partial charge on any atom is -0.352 e. The van der Waals surface area contributed by atoms with Gasteiger partial charge in [0.05, 0.1) is 10.6 Å². The lowest BCUT2D eigenvalue weighted by Crippen LogP contribution is -2.27. The fraction of sp³-hybridized carbons (Fsp3) is 0.154. The molecule has 4 rings (SSSR count). The van der Waals surface area contributed by atoms with Crippen LogP contribution >= 0.6 is 0 Å². The van der Waals surface area contributed by atoms with Crippen LogP contribution in [0.15, 0.2) is 90.1 Å². The molecule has 7 nitrogen and oxygen atoms in total. The number of sulfonamides is 1. The highest BCUT2D eigenvalue weighted by atomic mass is 32.2. The monoisotopic (exact) mass is 474 g/mol. The van der Waals surface area contributed by atoms with Crippen LogP contribution < -0.4 is 10.0 Å². The van der Waals surface area contributed by atoms with Crippen molar-refractivity contribution in [3.8, 4) is 5.69 Å². The Hall–Kier alpha value is -3.91. The molecule has 8 heteroatoms. The van der Waals surface area contributed by atoms with Gasteiger partial charge in [0.2, 0.25) is 0 Å². The second kappa shape index (κ2) is 9.93. The molecule has 0 aliphatic carbocycles. The number of aromatic nitrogens is 2. The lowest BCUT2D eigenvalue weighted by Gasteiger charge is -2.12. The molecule has 34 heavy (non-hydrogen) atoms. The first-order chi connectivity index (χ1) is 16.3. The fourth-order valence-electron chi connectivity index (χ4n) is 3.50. The zero-order valence-corrected chi connectivity index (χ0v) is 19.8. The molecule has 0 spiro atoms. The van der Waals surface area contributed by atoms with E-state index in [1.54, 1.807) is 36.0 Å². The number of hydrogen-bond acceptors (Lipinski definition) is 4. The van der Waals surface area contributed by atoms with Crippen LogP contribution in [-0.2, 0) is 16.4 Å². The van der Waals surface area contributed by atoms with E-state index < -0.39 is 10.0 Å². The van der Waals surface area contributed by atoms with Crippen molar-refractivity contribution in [2.24, 2.45) is 0 Å². The van der Waals surface area contributed by atoms with Crippen LogP contribution in [-0.4, -0.2) is 30.7 Å². The van der Waals surface area contributed by atoms with E-state index in [0.29, 0.717) is 29.8 Å². The van der Waals surface area contributed by atoms with Crippen LogP contribution in [0.1, 0.15) is 27.0 Å². The zero-order valence-electron chi connectivity index (χ0n) is 19.0. The summed E-state index contributed by atoms with van der Waals surface area (Å²) in [5.74, 6) is -0.307. The number of aryl methyl sites for hydroxylation is 2. The maximum atomic E-state index is 12.8. The van der Waals surface area contributed by atoms with E-state index in [4.69, 9.17) is 0 Å². The molecule has 0 unspecified atom stereocenters. The summed E-state index contributed by atoms with van der Waals surface area (Å²) in [6, 6.07) is 21.4. The summed E-state index contributed by atoms with van der Waals surface area (Å²) in [5, 5.41) is 7.10. The standard InChI is InChI=1S/C26H26N4O3S/c1-19-4-9-22(10-5-19)29-34(32,33)24-13-6-20(2)25(18-24)26(31)27-16-14-21-7-11-23(12-8-21)30-17-3-15-28-30/h3-13,15,17-18,29H,14,16H2,1-2H3,(H,27,31). The lowest BCUT2D eigenvalue weighted by molar-refractivity contribution is 0.0953. The smallest absolute Gasteiger partial charge is 0.261 e. The molecule has 0 atom stereocenters. The van der Waals surface area contributed by atoms with E-state index in [1.165, 1.54) is 12.1 Å². The molecule has 0 saturated carbocycles. The first-order valence-corrected chi connectivity index (χ1v) is 12.4. The molecule has 2 N–H and O–H groups in total. The minimum absolute atomic E-state index is 0.0398. The first-order valence-electron chi connectivity index (χ1n) is 10.9. The van der Waals surface area contributed by atoms with Crippen molar-refractivity contribution in [3.63, 3.8) is 0 Å². The third-order valence-electron chi connectivity index (χ3n) is 5.47. The van der Waals surface area contributed by atoms with Crippen molar-refractivity contribution < 1.29 is 13.2 Å². The van der Waals surface area contributed by atoms with Crippen molar-refractivity contribution in [1.82, 2.24) is 15.1 Å². The average Bonchev–Trinajstić information content (AvgIpc) is 3.36. The number of benzene rings is 3. The normalized spacial score (nSPS) is 11.2. The van der Waals surface area contributed by atoms with E-state index in [-0.39, 0.29) is 10.8 Å². The van der Waals surface area contributed by atoms with Gasteiger partial charge in [0.15, 0.2) is 0 Å². The van der Waals surface area contributed by atoms with Crippen molar-refractivity contribution in [2.75, 3.05) is 11.3 Å². The second-order valence-corrected chi connectivity index (χ2v) is 9.75. The van der Waals surface area contributed by atoms with Crippen LogP contribution in [0.5, 0.6) is 0 Å². The molecule has 0 saturated heterocycles. The topological polar surface area (TPSA) is 93.1 Å². The molecule has 4 aromatic rings. The molecule has 1 heterocycles. The van der Waals surface area contributed by atoms with Gasteiger partial charge in [0.25, 0.3) is 15.9 Å². The lowest BCUT2D eigenvalue weighted by atomic mass is 10.1. The summed E-state index contributed by atoms with van der Waals surface area (Å²) in [4.78, 5) is 12.8. The van der Waals surface area contributed by atoms with Crippen LogP contribution in [0, 0.1) is 13.8 Å². The summed E-state index contributed by atoms with van der Waals surface area (Å²) in [6.45, 7) is 4.14. The van der Waals surface area contributed by atoms with Gasteiger partial charge in [0.1, 0.15) is 0 Å².